The van der Waals surface area contributed by atoms with Crippen molar-refractivity contribution in [1.29, 1.82) is 0 Å². The summed E-state index contributed by atoms with van der Waals surface area (Å²) < 4.78 is 0. The summed E-state index contributed by atoms with van der Waals surface area (Å²) in [6, 6.07) is 0. The maximum absolute atomic E-state index is 9.84. The highest BCUT2D eigenvalue weighted by Gasteiger charge is 2.03. The molecule has 0 saturated heterocycles. The zero-order valence-corrected chi connectivity index (χ0v) is 13.5. The van der Waals surface area contributed by atoms with Crippen LogP contribution in [-0.2, 0) is 0 Å². The Kier molecular flexibility index (Phi) is 16.1. The Labute approximate surface area is 126 Å². The van der Waals surface area contributed by atoms with E-state index in [0.29, 0.717) is 0 Å². The molecule has 20 heavy (non-hydrogen) atoms. The van der Waals surface area contributed by atoms with Crippen molar-refractivity contribution >= 4 is 0 Å². The van der Waals surface area contributed by atoms with Gasteiger partial charge in [0, 0.05) is 0 Å². The first kappa shape index (κ1) is 19.5. The Bertz CT molecular complexity index is 202. The Morgan fingerprint density at radius 2 is 1.25 bits per heavy atom. The molecule has 0 saturated carbocycles. The van der Waals surface area contributed by atoms with E-state index in [1.807, 2.05) is 6.08 Å². The van der Waals surface area contributed by atoms with E-state index in [2.05, 4.69) is 6.92 Å². The predicted octanol–water partition coefficient (Wildman–Crippen LogP) is 5.90. The van der Waals surface area contributed by atoms with Crippen LogP contribution in [0.5, 0.6) is 0 Å². The number of aliphatic hydroxyl groups is 2. The van der Waals surface area contributed by atoms with E-state index >= 15 is 0 Å². The van der Waals surface area contributed by atoms with Crippen molar-refractivity contribution < 1.29 is 10.2 Å². The maximum atomic E-state index is 9.84. The maximum Gasteiger partial charge on any atom is 0.0751 e. The van der Waals surface area contributed by atoms with E-state index in [-0.39, 0.29) is 6.10 Å². The molecule has 0 aliphatic rings. The third-order valence-corrected chi connectivity index (χ3v) is 3.90. The number of aliphatic hydroxyl groups excluding tert-OH is 2. The second-order valence-electron chi connectivity index (χ2n) is 5.94. The minimum Gasteiger partial charge on any atom is -0.516 e. The Morgan fingerprint density at radius 1 is 0.750 bits per heavy atom. The molecule has 120 valence electrons. The van der Waals surface area contributed by atoms with Gasteiger partial charge in [-0.3, -0.25) is 0 Å². The van der Waals surface area contributed by atoms with Crippen molar-refractivity contribution in [1.82, 2.24) is 0 Å². The predicted molar refractivity (Wildman–Crippen MR) is 88.1 cm³/mol. The summed E-state index contributed by atoms with van der Waals surface area (Å²) in [5.74, 6) is 0. The highest BCUT2D eigenvalue weighted by molar-refractivity contribution is 4.70. The quantitative estimate of drug-likeness (QED) is 0.290. The van der Waals surface area contributed by atoms with E-state index in [1.54, 1.807) is 0 Å². The molecule has 0 heterocycles. The second kappa shape index (κ2) is 16.6. The molecule has 0 aromatic heterocycles. The van der Waals surface area contributed by atoms with Gasteiger partial charge in [-0.1, -0.05) is 77.2 Å². The van der Waals surface area contributed by atoms with E-state index in [0.717, 1.165) is 25.5 Å². The van der Waals surface area contributed by atoms with Crippen LogP contribution in [-0.4, -0.2) is 16.3 Å². The molecular formula is C18H36O2. The van der Waals surface area contributed by atoms with Crippen molar-refractivity contribution in [3.8, 4) is 0 Å². The van der Waals surface area contributed by atoms with Gasteiger partial charge in [0.05, 0.1) is 12.4 Å². The van der Waals surface area contributed by atoms with Crippen LogP contribution < -0.4 is 0 Å². The van der Waals surface area contributed by atoms with Crippen molar-refractivity contribution in [3.63, 3.8) is 0 Å². The number of hydrogen-bond donors (Lipinski definition) is 2. The van der Waals surface area contributed by atoms with Gasteiger partial charge in [-0.25, -0.2) is 0 Å². The van der Waals surface area contributed by atoms with E-state index in [4.69, 9.17) is 5.11 Å². The standard InChI is InChI=1S/C18H36O2/c1-2-3-4-12-15-18(20)16-13-10-8-6-5-7-9-11-14-17-19/h14,17-20H,2-13,15-16H2,1H3/b17-14+. The Morgan fingerprint density at radius 3 is 1.80 bits per heavy atom. The van der Waals surface area contributed by atoms with Gasteiger partial charge >= 0.3 is 0 Å². The summed E-state index contributed by atoms with van der Waals surface area (Å²) in [4.78, 5) is 0. The summed E-state index contributed by atoms with van der Waals surface area (Å²) in [6.07, 6.45) is 19.8. The summed E-state index contributed by atoms with van der Waals surface area (Å²) in [5.41, 5.74) is 0. The minimum absolute atomic E-state index is 0.0582. The number of hydrogen-bond acceptors (Lipinski definition) is 2. The van der Waals surface area contributed by atoms with Crippen LogP contribution in [0.15, 0.2) is 12.3 Å². The molecule has 2 nitrogen and oxygen atoms in total. The van der Waals surface area contributed by atoms with Gasteiger partial charge in [0.1, 0.15) is 0 Å². The fourth-order valence-electron chi connectivity index (χ4n) is 2.55. The molecule has 0 amide bonds. The van der Waals surface area contributed by atoms with Crippen LogP contribution in [0.3, 0.4) is 0 Å². The molecule has 0 bridgehead atoms. The number of allylic oxidation sites excluding steroid dienone is 1. The Balaban J connectivity index is 3.11. The van der Waals surface area contributed by atoms with Gasteiger partial charge in [-0.15, -0.1) is 0 Å². The first-order chi connectivity index (χ1) is 9.81. The SMILES string of the molecule is CCCCCCC(O)CCCCCCCCC/C=C/O. The summed E-state index contributed by atoms with van der Waals surface area (Å²) in [7, 11) is 0. The first-order valence-electron chi connectivity index (χ1n) is 8.78. The number of rotatable bonds is 15. The monoisotopic (exact) mass is 284 g/mol. The smallest absolute Gasteiger partial charge is 0.0751 e. The molecule has 2 heteroatoms. The van der Waals surface area contributed by atoms with Crippen molar-refractivity contribution in [3.05, 3.63) is 12.3 Å². The highest BCUT2D eigenvalue weighted by atomic mass is 16.3. The molecule has 0 aliphatic heterocycles. The molecule has 0 fully saturated rings. The third kappa shape index (κ3) is 15.6. The van der Waals surface area contributed by atoms with Crippen LogP contribution in [0.1, 0.15) is 96.8 Å². The molecule has 0 aliphatic carbocycles. The largest absolute Gasteiger partial charge is 0.516 e. The first-order valence-corrected chi connectivity index (χ1v) is 8.78. The molecule has 0 aromatic carbocycles. The van der Waals surface area contributed by atoms with Gasteiger partial charge < -0.3 is 10.2 Å². The van der Waals surface area contributed by atoms with Crippen molar-refractivity contribution in [2.24, 2.45) is 0 Å². The second-order valence-corrected chi connectivity index (χ2v) is 5.94. The molecule has 1 unspecified atom stereocenters. The van der Waals surface area contributed by atoms with Crippen molar-refractivity contribution in [2.45, 2.75) is 103 Å². The van der Waals surface area contributed by atoms with Crippen LogP contribution in [0.2, 0.25) is 0 Å². The van der Waals surface area contributed by atoms with Crippen LogP contribution >= 0.6 is 0 Å². The van der Waals surface area contributed by atoms with Gasteiger partial charge in [-0.2, -0.15) is 0 Å². The minimum atomic E-state index is -0.0582. The van der Waals surface area contributed by atoms with Gasteiger partial charge in [0.25, 0.3) is 0 Å². The molecule has 0 radical (unpaired) electrons. The van der Waals surface area contributed by atoms with Gasteiger partial charge in [-0.05, 0) is 25.7 Å². The topological polar surface area (TPSA) is 40.5 Å². The molecule has 0 spiro atoms. The molecule has 2 N–H and O–H groups in total. The summed E-state index contributed by atoms with van der Waals surface area (Å²) in [5, 5.41) is 18.3. The average Bonchev–Trinajstić information content (AvgIpc) is 2.45. The lowest BCUT2D eigenvalue weighted by molar-refractivity contribution is 0.147. The van der Waals surface area contributed by atoms with Crippen LogP contribution in [0, 0.1) is 0 Å². The summed E-state index contributed by atoms with van der Waals surface area (Å²) >= 11 is 0. The highest BCUT2D eigenvalue weighted by Crippen LogP contribution is 2.13. The lowest BCUT2D eigenvalue weighted by atomic mass is 10.0. The van der Waals surface area contributed by atoms with Crippen LogP contribution in [0.4, 0.5) is 0 Å². The number of unbranched alkanes of at least 4 members (excludes halogenated alkanes) is 10. The molecule has 0 rings (SSSR count). The Hall–Kier alpha value is -0.500. The molecule has 1 atom stereocenters. The van der Waals surface area contributed by atoms with Crippen LogP contribution in [0.25, 0.3) is 0 Å². The zero-order valence-electron chi connectivity index (χ0n) is 13.5. The molecule has 0 aromatic rings. The van der Waals surface area contributed by atoms with E-state index in [9.17, 15) is 5.11 Å². The zero-order chi connectivity index (χ0) is 14.9. The van der Waals surface area contributed by atoms with E-state index in [1.165, 1.54) is 70.6 Å². The van der Waals surface area contributed by atoms with Gasteiger partial charge in [0.15, 0.2) is 0 Å². The fourth-order valence-corrected chi connectivity index (χ4v) is 2.55. The normalized spacial score (nSPS) is 13.1. The van der Waals surface area contributed by atoms with E-state index < -0.39 is 0 Å². The van der Waals surface area contributed by atoms with Crippen molar-refractivity contribution in [2.75, 3.05) is 0 Å². The van der Waals surface area contributed by atoms with Gasteiger partial charge in [0.2, 0.25) is 0 Å². The average molecular weight is 284 g/mol. The fraction of sp³-hybridized carbons (Fsp3) is 0.889. The third-order valence-electron chi connectivity index (χ3n) is 3.90. The lowest BCUT2D eigenvalue weighted by Crippen LogP contribution is -2.05. The summed E-state index contributed by atoms with van der Waals surface area (Å²) in [6.45, 7) is 2.22. The lowest BCUT2D eigenvalue weighted by Gasteiger charge is -2.10. The molecular weight excluding hydrogens is 248 g/mol.